The zero-order valence-electron chi connectivity index (χ0n) is 30.8. The highest BCUT2D eigenvalue weighted by atomic mass is 16.6. The monoisotopic (exact) mass is 698 g/mol. The first-order chi connectivity index (χ1) is 24.4. The van der Waals surface area contributed by atoms with Gasteiger partial charge in [0.25, 0.3) is 0 Å². The van der Waals surface area contributed by atoms with Crippen LogP contribution in [-0.4, -0.2) is 74.8 Å². The highest BCUT2D eigenvalue weighted by Gasteiger charge is 2.26. The van der Waals surface area contributed by atoms with Crippen molar-refractivity contribution in [3.05, 3.63) is 119 Å². The molecule has 3 unspecified atom stereocenters. The van der Waals surface area contributed by atoms with E-state index in [1.54, 1.807) is 0 Å². The number of aliphatic hydroxyl groups excluding tert-OH is 2. The summed E-state index contributed by atoms with van der Waals surface area (Å²) in [6.07, 6.45) is -1.23. The van der Waals surface area contributed by atoms with Gasteiger partial charge < -0.3 is 38.6 Å². The third-order valence-electron chi connectivity index (χ3n) is 9.23. The second-order valence-corrected chi connectivity index (χ2v) is 14.8. The van der Waals surface area contributed by atoms with E-state index in [1.165, 1.54) is 5.56 Å². The Morgan fingerprint density at radius 3 is 1.16 bits per heavy atom. The maximum atomic E-state index is 10.6. The summed E-state index contributed by atoms with van der Waals surface area (Å²) in [7, 11) is 0. The highest BCUT2D eigenvalue weighted by Crippen LogP contribution is 2.35. The molecule has 1 saturated heterocycles. The third-order valence-corrected chi connectivity index (χ3v) is 9.23. The molecule has 1 heterocycles. The Kier molecular flexibility index (Phi) is 13.0. The second kappa shape index (κ2) is 17.4. The van der Waals surface area contributed by atoms with E-state index < -0.39 is 12.2 Å². The van der Waals surface area contributed by atoms with Gasteiger partial charge in [-0.25, -0.2) is 0 Å². The van der Waals surface area contributed by atoms with Crippen molar-refractivity contribution in [3.63, 3.8) is 0 Å². The molecule has 4 aromatic carbocycles. The van der Waals surface area contributed by atoms with Crippen molar-refractivity contribution in [3.8, 4) is 23.0 Å². The lowest BCUT2D eigenvalue weighted by Gasteiger charge is -2.27. The summed E-state index contributed by atoms with van der Waals surface area (Å²) >= 11 is 0. The molecule has 8 nitrogen and oxygen atoms in total. The molecule has 0 amide bonds. The average Bonchev–Trinajstić information content (AvgIpc) is 3.97. The lowest BCUT2D eigenvalue weighted by atomic mass is 9.78. The van der Waals surface area contributed by atoms with Gasteiger partial charge in [0, 0.05) is 17.4 Å². The molecule has 0 aliphatic carbocycles. The molecule has 51 heavy (non-hydrogen) atoms. The van der Waals surface area contributed by atoms with E-state index in [4.69, 9.17) is 28.4 Å². The Bertz CT molecular complexity index is 1610. The summed E-state index contributed by atoms with van der Waals surface area (Å²) in [6, 6.07) is 32.1. The summed E-state index contributed by atoms with van der Waals surface area (Å²) < 4.78 is 34.0. The average molecular weight is 699 g/mol. The van der Waals surface area contributed by atoms with Crippen molar-refractivity contribution in [2.24, 2.45) is 5.92 Å². The molecule has 4 aromatic rings. The van der Waals surface area contributed by atoms with Gasteiger partial charge >= 0.3 is 0 Å². The van der Waals surface area contributed by atoms with Crippen LogP contribution in [0.25, 0.3) is 0 Å². The molecule has 0 radical (unpaired) electrons. The highest BCUT2D eigenvalue weighted by molar-refractivity contribution is 5.43. The van der Waals surface area contributed by atoms with Crippen molar-refractivity contribution >= 4 is 0 Å². The van der Waals surface area contributed by atoms with Gasteiger partial charge in [0.15, 0.2) is 0 Å². The van der Waals surface area contributed by atoms with Crippen molar-refractivity contribution < 1.29 is 38.6 Å². The van der Waals surface area contributed by atoms with Crippen LogP contribution >= 0.6 is 0 Å². The zero-order valence-corrected chi connectivity index (χ0v) is 30.8. The Balaban J connectivity index is 1.04. The molecule has 0 aromatic heterocycles. The molecular formula is C43H54O8. The van der Waals surface area contributed by atoms with E-state index in [2.05, 4.69) is 65.8 Å². The topological polar surface area (TPSA) is 99.1 Å². The maximum absolute atomic E-state index is 10.6. The van der Waals surface area contributed by atoms with Gasteiger partial charge in [0.2, 0.25) is 0 Å². The molecule has 1 fully saturated rings. The smallest absolute Gasteiger partial charge is 0.122 e. The normalized spacial score (nSPS) is 15.7. The Hall–Kier alpha value is -4.08. The number of ether oxygens (including phenoxy) is 6. The Labute approximate surface area is 303 Å². The van der Waals surface area contributed by atoms with Crippen LogP contribution in [0.5, 0.6) is 23.0 Å². The molecule has 1 aliphatic rings. The van der Waals surface area contributed by atoms with Gasteiger partial charge in [-0.05, 0) is 76.7 Å². The molecule has 0 saturated carbocycles. The number of aliphatic hydroxyl groups is 2. The van der Waals surface area contributed by atoms with Crippen molar-refractivity contribution in [2.75, 3.05) is 46.2 Å². The lowest BCUT2D eigenvalue weighted by molar-refractivity contribution is 0.00393. The van der Waals surface area contributed by atoms with Crippen LogP contribution in [0.1, 0.15) is 63.8 Å². The number of benzene rings is 4. The van der Waals surface area contributed by atoms with E-state index in [9.17, 15) is 10.2 Å². The molecule has 0 spiro atoms. The van der Waals surface area contributed by atoms with Crippen LogP contribution in [0.3, 0.4) is 0 Å². The maximum Gasteiger partial charge on any atom is 0.122 e. The standard InChI is InChI=1S/C43H54O8/c1-30(2)23-46-24-35(44)25-47-37-15-7-31(8-16-37)42(3,4)32-9-17-38(18-10-32)48-26-36(45)27-49-39-19-11-33(12-20-39)43(5,6)34-13-21-40(22-14-34)50-28-41-29-51-41/h7-22,30,35-36,41,44-45H,23-29H2,1-6H3. The Morgan fingerprint density at radius 2 is 0.843 bits per heavy atom. The van der Waals surface area contributed by atoms with Gasteiger partial charge in [-0.1, -0.05) is 90.1 Å². The van der Waals surface area contributed by atoms with Gasteiger partial charge in [-0.15, -0.1) is 0 Å². The van der Waals surface area contributed by atoms with Gasteiger partial charge in [0.1, 0.15) is 67.7 Å². The fraction of sp³-hybridized carbons (Fsp3) is 0.442. The van der Waals surface area contributed by atoms with Crippen LogP contribution < -0.4 is 18.9 Å². The van der Waals surface area contributed by atoms with E-state index in [-0.39, 0.29) is 43.4 Å². The first-order valence-corrected chi connectivity index (χ1v) is 17.9. The van der Waals surface area contributed by atoms with Crippen LogP contribution in [0, 0.1) is 5.92 Å². The predicted octanol–water partition coefficient (Wildman–Crippen LogP) is 7.35. The summed E-state index contributed by atoms with van der Waals surface area (Å²) in [5.74, 6) is 3.34. The summed E-state index contributed by atoms with van der Waals surface area (Å²) in [5, 5.41) is 20.7. The van der Waals surface area contributed by atoms with Crippen LogP contribution in [-0.2, 0) is 20.3 Å². The van der Waals surface area contributed by atoms with Gasteiger partial charge in [0.05, 0.1) is 13.2 Å². The van der Waals surface area contributed by atoms with Crippen LogP contribution in [0.2, 0.25) is 0 Å². The molecule has 5 rings (SSSR count). The van der Waals surface area contributed by atoms with E-state index >= 15 is 0 Å². The molecule has 8 heteroatoms. The van der Waals surface area contributed by atoms with Crippen LogP contribution in [0.4, 0.5) is 0 Å². The lowest BCUT2D eigenvalue weighted by Crippen LogP contribution is -2.25. The zero-order chi connectivity index (χ0) is 36.4. The number of hydrogen-bond donors (Lipinski definition) is 2. The molecule has 274 valence electrons. The molecule has 1 aliphatic heterocycles. The van der Waals surface area contributed by atoms with Crippen molar-refractivity contribution in [1.29, 1.82) is 0 Å². The SMILES string of the molecule is CC(C)COCC(O)COc1ccc(C(C)(C)c2ccc(OCC(O)COc3ccc(C(C)(C)c4ccc(OCC5CO5)cc4)cc3)cc2)cc1. The summed E-state index contributed by atoms with van der Waals surface area (Å²) in [4.78, 5) is 0. The minimum atomic E-state index is -0.793. The molecular weight excluding hydrogens is 644 g/mol. The van der Waals surface area contributed by atoms with Crippen molar-refractivity contribution in [1.82, 2.24) is 0 Å². The van der Waals surface area contributed by atoms with E-state index in [0.717, 1.165) is 29.0 Å². The molecule has 2 N–H and O–H groups in total. The Morgan fingerprint density at radius 1 is 0.529 bits per heavy atom. The van der Waals surface area contributed by atoms with Gasteiger partial charge in [-0.2, -0.15) is 0 Å². The second-order valence-electron chi connectivity index (χ2n) is 14.8. The van der Waals surface area contributed by atoms with Crippen LogP contribution in [0.15, 0.2) is 97.1 Å². The minimum Gasteiger partial charge on any atom is -0.491 e. The van der Waals surface area contributed by atoms with E-state index in [0.29, 0.717) is 36.4 Å². The number of rotatable bonds is 20. The largest absolute Gasteiger partial charge is 0.491 e. The third kappa shape index (κ3) is 11.2. The number of hydrogen-bond acceptors (Lipinski definition) is 8. The minimum absolute atomic E-state index is 0.112. The fourth-order valence-electron chi connectivity index (χ4n) is 5.67. The quantitative estimate of drug-likeness (QED) is 0.0926. The van der Waals surface area contributed by atoms with Gasteiger partial charge in [-0.3, -0.25) is 0 Å². The summed E-state index contributed by atoms with van der Waals surface area (Å²) in [6.45, 7) is 15.5. The first-order valence-electron chi connectivity index (χ1n) is 17.9. The number of epoxide rings is 1. The fourth-order valence-corrected chi connectivity index (χ4v) is 5.67. The van der Waals surface area contributed by atoms with E-state index in [1.807, 2.05) is 72.8 Å². The van der Waals surface area contributed by atoms with Crippen molar-refractivity contribution in [2.45, 2.75) is 70.7 Å². The predicted molar refractivity (Wildman–Crippen MR) is 199 cm³/mol. The molecule has 3 atom stereocenters. The molecule has 0 bridgehead atoms. The first kappa shape index (κ1) is 38.2. The summed E-state index contributed by atoms with van der Waals surface area (Å²) in [5.41, 5.74) is 4.14.